The summed E-state index contributed by atoms with van der Waals surface area (Å²) < 4.78 is 43.1. The highest BCUT2D eigenvalue weighted by Crippen LogP contribution is 2.30. The maximum Gasteiger partial charge on any atom is 0.416 e. The van der Waals surface area contributed by atoms with Gasteiger partial charge in [-0.1, -0.05) is 12.1 Å². The Labute approximate surface area is 159 Å². The van der Waals surface area contributed by atoms with Gasteiger partial charge in [-0.25, -0.2) is 0 Å². The van der Waals surface area contributed by atoms with Gasteiger partial charge in [0.25, 0.3) is 0 Å². The van der Waals surface area contributed by atoms with Gasteiger partial charge >= 0.3 is 18.0 Å². The van der Waals surface area contributed by atoms with E-state index in [0.717, 1.165) is 30.0 Å². The summed E-state index contributed by atoms with van der Waals surface area (Å²) in [5.74, 6) is -1.89. The second-order valence-electron chi connectivity index (χ2n) is 6.10. The standard InChI is InChI=1S/C19H18F3N3O3/c20-19(21,22)13-5-7-14(8-6-13)23-17(26)18(27)24-15-3-1-2-4-16(15)25-9-11-28-12-10-25/h1-8H,9-12H2,(H,23,26)(H,24,27). The van der Waals surface area contributed by atoms with E-state index in [2.05, 4.69) is 10.6 Å². The number of rotatable bonds is 3. The first-order valence-electron chi connectivity index (χ1n) is 8.56. The molecule has 148 valence electrons. The second kappa shape index (κ2) is 8.30. The minimum absolute atomic E-state index is 0.0922. The van der Waals surface area contributed by atoms with E-state index in [9.17, 15) is 22.8 Å². The molecule has 1 fully saturated rings. The van der Waals surface area contributed by atoms with E-state index in [1.807, 2.05) is 17.0 Å². The molecular weight excluding hydrogens is 375 g/mol. The Kier molecular flexibility index (Phi) is 5.84. The number of carbonyl (C=O) groups excluding carboxylic acids is 2. The van der Waals surface area contributed by atoms with Crippen molar-refractivity contribution in [1.29, 1.82) is 0 Å². The molecule has 2 aromatic rings. The fourth-order valence-electron chi connectivity index (χ4n) is 2.77. The number of morpholine rings is 1. The van der Waals surface area contributed by atoms with Crippen LogP contribution in [0, 0.1) is 0 Å². The van der Waals surface area contributed by atoms with Crippen LogP contribution in [0.4, 0.5) is 30.2 Å². The molecule has 1 saturated heterocycles. The van der Waals surface area contributed by atoms with Crippen molar-refractivity contribution in [2.24, 2.45) is 0 Å². The lowest BCUT2D eigenvalue weighted by Gasteiger charge is -2.30. The molecule has 0 spiro atoms. The highest BCUT2D eigenvalue weighted by atomic mass is 19.4. The van der Waals surface area contributed by atoms with Crippen LogP contribution in [0.15, 0.2) is 48.5 Å². The number of hydrogen-bond donors (Lipinski definition) is 2. The van der Waals surface area contributed by atoms with Gasteiger partial charge in [-0.2, -0.15) is 13.2 Å². The molecule has 9 heteroatoms. The van der Waals surface area contributed by atoms with E-state index < -0.39 is 23.6 Å². The average molecular weight is 393 g/mol. The quantitative estimate of drug-likeness (QED) is 0.787. The van der Waals surface area contributed by atoms with Crippen molar-refractivity contribution in [2.75, 3.05) is 41.8 Å². The van der Waals surface area contributed by atoms with Gasteiger partial charge in [-0.05, 0) is 36.4 Å². The van der Waals surface area contributed by atoms with Gasteiger partial charge in [0.2, 0.25) is 0 Å². The predicted octanol–water partition coefficient (Wildman–Crippen LogP) is 3.12. The second-order valence-corrected chi connectivity index (χ2v) is 6.10. The van der Waals surface area contributed by atoms with Gasteiger partial charge in [-0.3, -0.25) is 9.59 Å². The topological polar surface area (TPSA) is 70.7 Å². The van der Waals surface area contributed by atoms with Crippen molar-refractivity contribution >= 4 is 28.9 Å². The number of hydrogen-bond acceptors (Lipinski definition) is 4. The molecule has 0 aromatic heterocycles. The molecule has 0 atom stereocenters. The molecule has 28 heavy (non-hydrogen) atoms. The van der Waals surface area contributed by atoms with Crippen molar-refractivity contribution in [3.63, 3.8) is 0 Å². The number of anilines is 3. The summed E-state index contributed by atoms with van der Waals surface area (Å²) in [5, 5.41) is 4.84. The Hall–Kier alpha value is -3.07. The molecular formula is C19H18F3N3O3. The highest BCUT2D eigenvalue weighted by Gasteiger charge is 2.30. The van der Waals surface area contributed by atoms with Gasteiger partial charge in [0.15, 0.2) is 0 Å². The Bertz CT molecular complexity index is 847. The van der Waals surface area contributed by atoms with Crippen molar-refractivity contribution < 1.29 is 27.5 Å². The Morgan fingerprint density at radius 1 is 0.893 bits per heavy atom. The zero-order valence-corrected chi connectivity index (χ0v) is 14.8. The van der Waals surface area contributed by atoms with Crippen LogP contribution in [-0.2, 0) is 20.5 Å². The summed E-state index contributed by atoms with van der Waals surface area (Å²) in [7, 11) is 0. The van der Waals surface area contributed by atoms with Crippen molar-refractivity contribution in [1.82, 2.24) is 0 Å². The molecule has 3 rings (SSSR count). The first-order chi connectivity index (χ1) is 13.3. The minimum Gasteiger partial charge on any atom is -0.378 e. The summed E-state index contributed by atoms with van der Waals surface area (Å²) >= 11 is 0. The van der Waals surface area contributed by atoms with Crippen molar-refractivity contribution in [3.05, 3.63) is 54.1 Å². The zero-order chi connectivity index (χ0) is 20.1. The Morgan fingerprint density at radius 2 is 1.50 bits per heavy atom. The normalized spacial score (nSPS) is 14.5. The predicted molar refractivity (Wildman–Crippen MR) is 98.2 cm³/mol. The number of alkyl halides is 3. The number of para-hydroxylation sites is 2. The highest BCUT2D eigenvalue weighted by molar-refractivity contribution is 6.43. The van der Waals surface area contributed by atoms with Gasteiger partial charge in [0, 0.05) is 18.8 Å². The summed E-state index contributed by atoms with van der Waals surface area (Å²) in [6, 6.07) is 10.9. The number of ether oxygens (including phenoxy) is 1. The van der Waals surface area contributed by atoms with Crippen LogP contribution in [0.2, 0.25) is 0 Å². The molecule has 0 unspecified atom stereocenters. The first-order valence-corrected chi connectivity index (χ1v) is 8.56. The van der Waals surface area contributed by atoms with E-state index in [4.69, 9.17) is 4.74 Å². The van der Waals surface area contributed by atoms with Gasteiger partial charge in [0.05, 0.1) is 30.2 Å². The number of amides is 2. The Morgan fingerprint density at radius 3 is 2.14 bits per heavy atom. The van der Waals surface area contributed by atoms with Crippen LogP contribution in [0.1, 0.15) is 5.56 Å². The molecule has 6 nitrogen and oxygen atoms in total. The Balaban J connectivity index is 1.65. The van der Waals surface area contributed by atoms with Crippen LogP contribution < -0.4 is 15.5 Å². The molecule has 2 aromatic carbocycles. The number of halogens is 3. The summed E-state index contributed by atoms with van der Waals surface area (Å²) in [6.07, 6.45) is -4.47. The molecule has 2 amide bonds. The lowest BCUT2D eigenvalue weighted by Crippen LogP contribution is -2.37. The van der Waals surface area contributed by atoms with E-state index >= 15 is 0 Å². The smallest absolute Gasteiger partial charge is 0.378 e. The molecule has 0 radical (unpaired) electrons. The van der Waals surface area contributed by atoms with Gasteiger partial charge in [-0.15, -0.1) is 0 Å². The SMILES string of the molecule is O=C(Nc1ccc(C(F)(F)F)cc1)C(=O)Nc1ccccc1N1CCOCC1. The molecule has 0 saturated carbocycles. The van der Waals surface area contributed by atoms with Gasteiger partial charge in [0.1, 0.15) is 0 Å². The third-order valence-electron chi connectivity index (χ3n) is 4.18. The average Bonchev–Trinajstić information content (AvgIpc) is 2.69. The van der Waals surface area contributed by atoms with E-state index in [1.54, 1.807) is 12.1 Å². The molecule has 0 bridgehead atoms. The lowest BCUT2D eigenvalue weighted by atomic mass is 10.2. The van der Waals surface area contributed by atoms with Crippen molar-refractivity contribution in [3.8, 4) is 0 Å². The fourth-order valence-corrected chi connectivity index (χ4v) is 2.77. The molecule has 1 aliphatic rings. The number of nitrogens with zero attached hydrogens (tertiary/aromatic N) is 1. The van der Waals surface area contributed by atoms with Crippen LogP contribution in [0.5, 0.6) is 0 Å². The lowest BCUT2D eigenvalue weighted by molar-refractivity contribution is -0.137. The van der Waals surface area contributed by atoms with E-state index in [0.29, 0.717) is 32.0 Å². The maximum absolute atomic E-state index is 12.6. The minimum atomic E-state index is -4.47. The van der Waals surface area contributed by atoms with Crippen LogP contribution >= 0.6 is 0 Å². The van der Waals surface area contributed by atoms with E-state index in [1.165, 1.54) is 0 Å². The monoisotopic (exact) mass is 393 g/mol. The van der Waals surface area contributed by atoms with Crippen molar-refractivity contribution in [2.45, 2.75) is 6.18 Å². The molecule has 1 aliphatic heterocycles. The summed E-state index contributed by atoms with van der Waals surface area (Å²) in [6.45, 7) is 2.45. The van der Waals surface area contributed by atoms with Crippen LogP contribution in [0.3, 0.4) is 0 Å². The van der Waals surface area contributed by atoms with Crippen LogP contribution in [-0.4, -0.2) is 38.1 Å². The zero-order valence-electron chi connectivity index (χ0n) is 14.8. The third-order valence-corrected chi connectivity index (χ3v) is 4.18. The maximum atomic E-state index is 12.6. The molecule has 1 heterocycles. The van der Waals surface area contributed by atoms with Gasteiger partial charge < -0.3 is 20.3 Å². The number of carbonyl (C=O) groups is 2. The summed E-state index contributed by atoms with van der Waals surface area (Å²) in [5.41, 5.74) is 0.488. The first kappa shape index (κ1) is 19.7. The molecule has 2 N–H and O–H groups in total. The largest absolute Gasteiger partial charge is 0.416 e. The number of nitrogens with one attached hydrogen (secondary N) is 2. The van der Waals surface area contributed by atoms with E-state index in [-0.39, 0.29) is 5.69 Å². The fraction of sp³-hybridized carbons (Fsp3) is 0.263. The van der Waals surface area contributed by atoms with Crippen LogP contribution in [0.25, 0.3) is 0 Å². The number of benzene rings is 2. The third kappa shape index (κ3) is 4.80. The molecule has 0 aliphatic carbocycles. The summed E-state index contributed by atoms with van der Waals surface area (Å²) in [4.78, 5) is 26.4.